The summed E-state index contributed by atoms with van der Waals surface area (Å²) in [6.45, 7) is 3.70. The number of hydrogen-bond acceptors (Lipinski definition) is 3. The molecule has 0 atom stereocenters. The van der Waals surface area contributed by atoms with Gasteiger partial charge in [0.05, 0.1) is 18.1 Å². The van der Waals surface area contributed by atoms with Crippen LogP contribution in [0.5, 0.6) is 0 Å². The highest BCUT2D eigenvalue weighted by molar-refractivity contribution is 6.31. The van der Waals surface area contributed by atoms with E-state index in [9.17, 15) is 9.59 Å². The molecule has 1 amide bonds. The Kier molecular flexibility index (Phi) is 4.74. The van der Waals surface area contributed by atoms with Crippen molar-refractivity contribution < 1.29 is 14.3 Å². The molecule has 1 aromatic heterocycles. The van der Waals surface area contributed by atoms with Crippen LogP contribution in [-0.4, -0.2) is 24.0 Å². The normalized spacial score (nSPS) is 11.4. The Morgan fingerprint density at radius 1 is 1.15 bits per heavy atom. The summed E-state index contributed by atoms with van der Waals surface area (Å²) in [4.78, 5) is 27.7. The lowest BCUT2D eigenvalue weighted by Crippen LogP contribution is -2.34. The predicted octanol–water partition coefficient (Wildman–Crippen LogP) is 4.52. The fraction of sp³-hybridized carbons (Fsp3) is 0.200. The highest BCUT2D eigenvalue weighted by Crippen LogP contribution is 2.32. The van der Waals surface area contributed by atoms with E-state index < -0.39 is 11.4 Å². The minimum atomic E-state index is -0.798. The molecule has 5 nitrogen and oxygen atoms in total. The zero-order chi connectivity index (χ0) is 18.9. The van der Waals surface area contributed by atoms with Gasteiger partial charge in [0.2, 0.25) is 5.91 Å². The number of benzene rings is 2. The lowest BCUT2D eigenvalue weighted by atomic mass is 9.83. The van der Waals surface area contributed by atoms with Gasteiger partial charge in [-0.05, 0) is 49.7 Å². The first kappa shape index (κ1) is 18.0. The van der Waals surface area contributed by atoms with Crippen LogP contribution in [0.1, 0.15) is 29.8 Å². The molecule has 0 fully saturated rings. The third kappa shape index (κ3) is 3.30. The number of amides is 1. The van der Waals surface area contributed by atoms with Crippen molar-refractivity contribution in [1.29, 1.82) is 0 Å². The Morgan fingerprint density at radius 2 is 1.92 bits per heavy atom. The van der Waals surface area contributed by atoms with E-state index in [-0.39, 0.29) is 5.91 Å². The van der Waals surface area contributed by atoms with Crippen molar-refractivity contribution in [3.8, 4) is 0 Å². The molecule has 2 aromatic carbocycles. The molecule has 6 heteroatoms. The second kappa shape index (κ2) is 6.84. The smallest absolute Gasteiger partial charge is 0.337 e. The van der Waals surface area contributed by atoms with E-state index in [4.69, 9.17) is 16.3 Å². The fourth-order valence-electron chi connectivity index (χ4n) is 2.87. The van der Waals surface area contributed by atoms with Crippen molar-refractivity contribution in [3.05, 3.63) is 64.8 Å². The second-order valence-corrected chi connectivity index (χ2v) is 6.98. The van der Waals surface area contributed by atoms with Crippen molar-refractivity contribution in [2.24, 2.45) is 0 Å². The topological polar surface area (TPSA) is 71.2 Å². The molecule has 0 bridgehead atoms. The summed E-state index contributed by atoms with van der Waals surface area (Å²) < 4.78 is 4.71. The summed E-state index contributed by atoms with van der Waals surface area (Å²) in [5, 5.41) is 4.45. The number of halogens is 1. The number of rotatable bonds is 4. The lowest BCUT2D eigenvalue weighted by molar-refractivity contribution is -0.120. The predicted molar refractivity (Wildman–Crippen MR) is 103 cm³/mol. The number of aromatic amines is 1. The molecule has 3 aromatic rings. The Morgan fingerprint density at radius 3 is 2.65 bits per heavy atom. The number of esters is 1. The van der Waals surface area contributed by atoms with Crippen LogP contribution in [0.15, 0.2) is 48.7 Å². The van der Waals surface area contributed by atoms with Gasteiger partial charge >= 0.3 is 5.97 Å². The van der Waals surface area contributed by atoms with Crippen molar-refractivity contribution in [1.82, 2.24) is 4.98 Å². The van der Waals surface area contributed by atoms with E-state index in [1.807, 2.05) is 32.2 Å². The van der Waals surface area contributed by atoms with E-state index in [2.05, 4.69) is 10.3 Å². The van der Waals surface area contributed by atoms with Crippen molar-refractivity contribution in [2.75, 3.05) is 12.4 Å². The van der Waals surface area contributed by atoms with E-state index in [1.54, 1.807) is 30.3 Å². The van der Waals surface area contributed by atoms with Crippen molar-refractivity contribution >= 4 is 40.1 Å². The number of hydrogen-bond donors (Lipinski definition) is 2. The largest absolute Gasteiger partial charge is 0.465 e. The minimum Gasteiger partial charge on any atom is -0.465 e. The molecule has 1 heterocycles. The van der Waals surface area contributed by atoms with Crippen LogP contribution in [0, 0.1) is 0 Å². The molecule has 0 aliphatic rings. The monoisotopic (exact) mass is 370 g/mol. The van der Waals surface area contributed by atoms with Crippen LogP contribution in [0.2, 0.25) is 5.02 Å². The van der Waals surface area contributed by atoms with Gasteiger partial charge in [-0.2, -0.15) is 0 Å². The molecule has 0 saturated heterocycles. The maximum absolute atomic E-state index is 12.9. The zero-order valence-electron chi connectivity index (χ0n) is 14.7. The molecule has 3 rings (SSSR count). The maximum Gasteiger partial charge on any atom is 0.337 e. The SMILES string of the molecule is COC(=O)c1cccc(NC(=O)C(C)(C)c2c[nH]c3cc(Cl)ccc23)c1. The Hall–Kier alpha value is -2.79. The number of ether oxygens (including phenoxy) is 1. The van der Waals surface area contributed by atoms with Crippen LogP contribution in [0.3, 0.4) is 0 Å². The van der Waals surface area contributed by atoms with Gasteiger partial charge in [-0.25, -0.2) is 4.79 Å². The van der Waals surface area contributed by atoms with Gasteiger partial charge in [0.15, 0.2) is 0 Å². The quantitative estimate of drug-likeness (QED) is 0.663. The molecule has 0 spiro atoms. The van der Waals surface area contributed by atoms with Crippen LogP contribution in [0.4, 0.5) is 5.69 Å². The second-order valence-electron chi connectivity index (χ2n) is 6.54. The molecular formula is C20H19ClN2O3. The summed E-state index contributed by atoms with van der Waals surface area (Å²) >= 11 is 6.03. The summed E-state index contributed by atoms with van der Waals surface area (Å²) in [6, 6.07) is 12.2. The number of fused-ring (bicyclic) bond motifs is 1. The molecule has 2 N–H and O–H groups in total. The van der Waals surface area contributed by atoms with E-state index >= 15 is 0 Å². The average Bonchev–Trinajstić information content (AvgIpc) is 3.04. The van der Waals surface area contributed by atoms with E-state index in [0.29, 0.717) is 16.3 Å². The highest BCUT2D eigenvalue weighted by Gasteiger charge is 2.32. The molecule has 26 heavy (non-hydrogen) atoms. The molecule has 0 aliphatic carbocycles. The van der Waals surface area contributed by atoms with Crippen molar-refractivity contribution in [3.63, 3.8) is 0 Å². The Balaban J connectivity index is 1.89. The number of carbonyl (C=O) groups excluding carboxylic acids is 2. The van der Waals surface area contributed by atoms with Gasteiger partial charge in [-0.15, -0.1) is 0 Å². The molecule has 134 valence electrons. The van der Waals surface area contributed by atoms with E-state index in [0.717, 1.165) is 16.5 Å². The molecule has 0 unspecified atom stereocenters. The molecular weight excluding hydrogens is 352 g/mol. The number of H-pyrrole nitrogens is 1. The van der Waals surface area contributed by atoms with Gasteiger partial charge in [0, 0.05) is 27.8 Å². The first-order valence-corrected chi connectivity index (χ1v) is 8.47. The van der Waals surface area contributed by atoms with Crippen molar-refractivity contribution in [2.45, 2.75) is 19.3 Å². The van der Waals surface area contributed by atoms with Gasteiger partial charge in [0.1, 0.15) is 0 Å². The average molecular weight is 371 g/mol. The van der Waals surface area contributed by atoms with Gasteiger partial charge in [0.25, 0.3) is 0 Å². The zero-order valence-corrected chi connectivity index (χ0v) is 15.5. The highest BCUT2D eigenvalue weighted by atomic mass is 35.5. The van der Waals surface area contributed by atoms with Crippen LogP contribution in [0.25, 0.3) is 10.9 Å². The summed E-state index contributed by atoms with van der Waals surface area (Å²) in [7, 11) is 1.32. The number of anilines is 1. The van der Waals surface area contributed by atoms with Crippen LogP contribution < -0.4 is 5.32 Å². The van der Waals surface area contributed by atoms with Crippen LogP contribution >= 0.6 is 11.6 Å². The third-order valence-electron chi connectivity index (χ3n) is 4.43. The van der Waals surface area contributed by atoms with Gasteiger partial charge in [-0.3, -0.25) is 4.79 Å². The number of carbonyl (C=O) groups is 2. The summed E-state index contributed by atoms with van der Waals surface area (Å²) in [6.07, 6.45) is 1.82. The summed E-state index contributed by atoms with van der Waals surface area (Å²) in [5.74, 6) is -0.635. The summed E-state index contributed by atoms with van der Waals surface area (Å²) in [5.41, 5.74) is 1.86. The maximum atomic E-state index is 12.9. The Labute approximate surface area is 156 Å². The first-order chi connectivity index (χ1) is 12.3. The van der Waals surface area contributed by atoms with E-state index in [1.165, 1.54) is 7.11 Å². The number of methoxy groups -OCH3 is 1. The number of aromatic nitrogens is 1. The van der Waals surface area contributed by atoms with Crippen LogP contribution in [-0.2, 0) is 14.9 Å². The minimum absolute atomic E-state index is 0.185. The molecule has 0 saturated carbocycles. The van der Waals surface area contributed by atoms with Gasteiger partial charge in [-0.1, -0.05) is 23.7 Å². The van der Waals surface area contributed by atoms with Gasteiger partial charge < -0.3 is 15.0 Å². The first-order valence-electron chi connectivity index (χ1n) is 8.10. The third-order valence-corrected chi connectivity index (χ3v) is 4.66. The molecule has 0 aliphatic heterocycles. The molecule has 0 radical (unpaired) electrons. The number of nitrogens with one attached hydrogen (secondary N) is 2. The Bertz CT molecular complexity index is 992. The lowest BCUT2D eigenvalue weighted by Gasteiger charge is -2.23. The fourth-order valence-corrected chi connectivity index (χ4v) is 3.04. The standard InChI is InChI=1S/C20H19ClN2O3/c1-20(2,16-11-22-17-10-13(21)7-8-15(16)17)19(25)23-14-6-4-5-12(9-14)18(24)26-3/h4-11,22H,1-3H3,(H,23,25).